The van der Waals surface area contributed by atoms with Gasteiger partial charge in [-0.3, -0.25) is 4.79 Å². The lowest BCUT2D eigenvalue weighted by Gasteiger charge is -2.41. The molecule has 0 spiro atoms. The average molecular weight is 481 g/mol. The Labute approximate surface area is 206 Å². The van der Waals surface area contributed by atoms with Crippen LogP contribution in [0.15, 0.2) is 71.9 Å². The van der Waals surface area contributed by atoms with Crippen molar-refractivity contribution in [2.24, 2.45) is 4.99 Å². The van der Waals surface area contributed by atoms with Gasteiger partial charge in [-0.05, 0) is 48.1 Å². The van der Waals surface area contributed by atoms with E-state index in [-0.39, 0.29) is 11.8 Å². The summed E-state index contributed by atoms with van der Waals surface area (Å²) >= 11 is 5.93. The molecule has 1 fully saturated rings. The number of hydrogen-bond donors (Lipinski definition) is 2. The maximum Gasteiger partial charge on any atom is 0.223 e. The minimum absolute atomic E-state index is 0.164. The summed E-state index contributed by atoms with van der Waals surface area (Å²) in [6.07, 6.45) is 5.57. The van der Waals surface area contributed by atoms with Gasteiger partial charge < -0.3 is 20.2 Å². The third-order valence-corrected chi connectivity index (χ3v) is 6.90. The van der Waals surface area contributed by atoms with Crippen LogP contribution in [0.4, 0.5) is 0 Å². The van der Waals surface area contributed by atoms with Gasteiger partial charge in [-0.2, -0.15) is 0 Å². The highest BCUT2D eigenvalue weighted by molar-refractivity contribution is 6.30. The molecular weight excluding hydrogens is 448 g/mol. The Morgan fingerprint density at radius 2 is 1.85 bits per heavy atom. The predicted molar refractivity (Wildman–Crippen MR) is 137 cm³/mol. The Hall–Kier alpha value is -2.83. The van der Waals surface area contributed by atoms with Crippen molar-refractivity contribution in [1.82, 2.24) is 15.1 Å². The Morgan fingerprint density at radius 1 is 1.15 bits per heavy atom. The van der Waals surface area contributed by atoms with E-state index in [4.69, 9.17) is 11.6 Å². The normalized spacial score (nSPS) is 18.4. The van der Waals surface area contributed by atoms with E-state index in [0.29, 0.717) is 52.1 Å². The average Bonchev–Trinajstić information content (AvgIpc) is 2.85. The number of hydrogen-bond acceptors (Lipinski definition) is 5. The van der Waals surface area contributed by atoms with E-state index in [1.807, 2.05) is 64.5 Å². The van der Waals surface area contributed by atoms with Crippen LogP contribution in [0.2, 0.25) is 5.02 Å². The zero-order valence-electron chi connectivity index (χ0n) is 19.7. The number of nitrogens with zero attached hydrogens (tertiary/aromatic N) is 3. The Kier molecular flexibility index (Phi) is 7.91. The monoisotopic (exact) mass is 480 g/mol. The minimum atomic E-state index is -0.810. The third kappa shape index (κ3) is 6.61. The maximum atomic E-state index is 12.8. The molecule has 7 heteroatoms. The summed E-state index contributed by atoms with van der Waals surface area (Å²) in [4.78, 5) is 21.3. The van der Waals surface area contributed by atoms with Crippen LogP contribution in [0.1, 0.15) is 43.2 Å². The van der Waals surface area contributed by atoms with E-state index in [1.54, 1.807) is 0 Å². The molecule has 0 aliphatic carbocycles. The first-order valence-corrected chi connectivity index (χ1v) is 12.3. The fourth-order valence-electron chi connectivity index (χ4n) is 4.45. The van der Waals surface area contributed by atoms with E-state index >= 15 is 0 Å². The molecule has 1 amide bonds. The molecule has 1 unspecified atom stereocenters. The number of amides is 1. The van der Waals surface area contributed by atoms with E-state index in [9.17, 15) is 9.90 Å². The predicted octanol–water partition coefficient (Wildman–Crippen LogP) is 4.16. The molecule has 2 heterocycles. The lowest BCUT2D eigenvalue weighted by molar-refractivity contribution is -0.136. The highest BCUT2D eigenvalue weighted by Crippen LogP contribution is 2.26. The summed E-state index contributed by atoms with van der Waals surface area (Å²) < 4.78 is 0. The van der Waals surface area contributed by atoms with Gasteiger partial charge >= 0.3 is 0 Å². The quantitative estimate of drug-likeness (QED) is 0.624. The van der Waals surface area contributed by atoms with Gasteiger partial charge in [0.05, 0.1) is 5.60 Å². The van der Waals surface area contributed by atoms with Crippen LogP contribution in [0.25, 0.3) is 0 Å². The molecule has 2 aromatic rings. The maximum absolute atomic E-state index is 12.8. The Balaban J connectivity index is 1.20. The number of benzene rings is 2. The van der Waals surface area contributed by atoms with E-state index in [2.05, 4.69) is 29.4 Å². The molecule has 1 atom stereocenters. The molecule has 2 aromatic carbocycles. The third-order valence-electron chi connectivity index (χ3n) is 6.65. The highest BCUT2D eigenvalue weighted by atomic mass is 35.5. The van der Waals surface area contributed by atoms with Gasteiger partial charge in [0.15, 0.2) is 0 Å². The molecule has 2 N–H and O–H groups in total. The standard InChI is InChI=1S/C27H33ClN4O2/c1-21(23-5-3-2-4-6-23)17-26(33)32-15-12-27(34,13-16-32)19-31-14-11-25(30-20-31)29-18-22-7-9-24(28)10-8-22/h2-11,14,21,34H,12-13,15-20H2,1H3,(H,29,30). The second-order valence-electron chi connectivity index (χ2n) is 9.35. The number of aliphatic imine (C=N–C) groups is 1. The fraction of sp³-hybridized carbons (Fsp3) is 0.407. The first-order valence-electron chi connectivity index (χ1n) is 11.9. The zero-order chi connectivity index (χ0) is 24.0. The molecule has 0 radical (unpaired) electrons. The summed E-state index contributed by atoms with van der Waals surface area (Å²) in [7, 11) is 0. The highest BCUT2D eigenvalue weighted by Gasteiger charge is 2.35. The van der Waals surface area contributed by atoms with Crippen LogP contribution >= 0.6 is 11.6 Å². The summed E-state index contributed by atoms with van der Waals surface area (Å²) in [5.74, 6) is 1.18. The molecule has 180 valence electrons. The SMILES string of the molecule is CC(CC(=O)N1CCC(O)(CN2C=CC(NCc3ccc(Cl)cc3)=NC2)CC1)c1ccccc1. The topological polar surface area (TPSA) is 68.2 Å². The summed E-state index contributed by atoms with van der Waals surface area (Å²) in [5.41, 5.74) is 1.51. The number of nitrogens with one attached hydrogen (secondary N) is 1. The van der Waals surface area contributed by atoms with E-state index in [0.717, 1.165) is 16.4 Å². The first-order chi connectivity index (χ1) is 16.4. The molecule has 0 aromatic heterocycles. The number of likely N-dealkylation sites (tertiary alicyclic amines) is 1. The van der Waals surface area contributed by atoms with Gasteiger partial charge in [0.1, 0.15) is 12.5 Å². The lowest BCUT2D eigenvalue weighted by atomic mass is 9.90. The van der Waals surface area contributed by atoms with Crippen LogP contribution in [-0.2, 0) is 11.3 Å². The van der Waals surface area contributed by atoms with Gasteiger partial charge in [-0.1, -0.05) is 61.0 Å². The summed E-state index contributed by atoms with van der Waals surface area (Å²) in [6.45, 7) is 4.96. The van der Waals surface area contributed by atoms with Crippen LogP contribution in [0.5, 0.6) is 0 Å². The minimum Gasteiger partial charge on any atom is -0.388 e. The lowest BCUT2D eigenvalue weighted by Crippen LogP contribution is -2.51. The van der Waals surface area contributed by atoms with Crippen molar-refractivity contribution in [3.63, 3.8) is 0 Å². The molecule has 0 bridgehead atoms. The fourth-order valence-corrected chi connectivity index (χ4v) is 4.58. The zero-order valence-corrected chi connectivity index (χ0v) is 20.4. The smallest absolute Gasteiger partial charge is 0.223 e. The number of halogens is 1. The van der Waals surface area contributed by atoms with E-state index < -0.39 is 5.60 Å². The van der Waals surface area contributed by atoms with Crippen molar-refractivity contribution < 1.29 is 9.90 Å². The number of β-amino-alcohol motifs (C(OH)–C–C–N with tert-alkyl or cyclic N) is 1. The van der Waals surface area contributed by atoms with Gasteiger partial charge in [-0.25, -0.2) is 4.99 Å². The van der Waals surface area contributed by atoms with Crippen molar-refractivity contribution in [3.05, 3.63) is 83.0 Å². The number of carbonyl (C=O) groups excluding carboxylic acids is 1. The van der Waals surface area contributed by atoms with Gasteiger partial charge in [0, 0.05) is 43.8 Å². The number of piperidine rings is 1. The molecule has 6 nitrogen and oxygen atoms in total. The number of carbonyl (C=O) groups is 1. The largest absolute Gasteiger partial charge is 0.388 e. The van der Waals surface area contributed by atoms with Crippen LogP contribution in [-0.4, -0.2) is 58.6 Å². The second-order valence-corrected chi connectivity index (χ2v) is 9.78. The molecule has 1 saturated heterocycles. The van der Waals surface area contributed by atoms with Crippen molar-refractivity contribution in [3.8, 4) is 0 Å². The first kappa shape index (κ1) is 24.3. The summed E-state index contributed by atoms with van der Waals surface area (Å²) in [6, 6.07) is 17.9. The van der Waals surface area contributed by atoms with Gasteiger partial charge in [0.25, 0.3) is 0 Å². The molecule has 2 aliphatic heterocycles. The molecule has 4 rings (SSSR count). The van der Waals surface area contributed by atoms with Crippen molar-refractivity contribution in [2.75, 3.05) is 26.3 Å². The number of amidine groups is 1. The molecule has 34 heavy (non-hydrogen) atoms. The molecule has 2 aliphatic rings. The van der Waals surface area contributed by atoms with Gasteiger partial charge in [0.2, 0.25) is 5.91 Å². The van der Waals surface area contributed by atoms with Crippen LogP contribution in [0.3, 0.4) is 0 Å². The van der Waals surface area contributed by atoms with Crippen molar-refractivity contribution in [2.45, 2.75) is 44.2 Å². The second kappa shape index (κ2) is 11.1. The number of rotatable bonds is 7. The molecule has 0 saturated carbocycles. The van der Waals surface area contributed by atoms with Crippen LogP contribution < -0.4 is 5.32 Å². The number of aliphatic hydroxyl groups is 1. The van der Waals surface area contributed by atoms with Gasteiger partial charge in [-0.15, -0.1) is 0 Å². The van der Waals surface area contributed by atoms with Crippen LogP contribution in [0, 0.1) is 0 Å². The van der Waals surface area contributed by atoms with E-state index in [1.165, 1.54) is 5.56 Å². The summed E-state index contributed by atoms with van der Waals surface area (Å²) in [5, 5.41) is 15.2. The molecular formula is C27H33ClN4O2. The Bertz CT molecular complexity index is 1010. The van der Waals surface area contributed by atoms with Crippen molar-refractivity contribution in [1.29, 1.82) is 0 Å². The Morgan fingerprint density at radius 3 is 2.50 bits per heavy atom. The van der Waals surface area contributed by atoms with Crippen molar-refractivity contribution >= 4 is 23.3 Å².